The summed E-state index contributed by atoms with van der Waals surface area (Å²) in [6.45, 7) is 0.565. The monoisotopic (exact) mass is 446 g/mol. The van der Waals surface area contributed by atoms with Gasteiger partial charge in [-0.05, 0) is 48.7 Å². The van der Waals surface area contributed by atoms with E-state index in [1.165, 1.54) is 16.4 Å². The van der Waals surface area contributed by atoms with Gasteiger partial charge in [0.05, 0.1) is 0 Å². The average molecular weight is 446 g/mol. The number of carbonyl (C=O) groups is 1. The minimum atomic E-state index is -4.80. The van der Waals surface area contributed by atoms with Crippen LogP contribution in [-0.2, 0) is 16.6 Å². The van der Waals surface area contributed by atoms with Crippen LogP contribution in [0.25, 0.3) is 0 Å². The van der Waals surface area contributed by atoms with E-state index in [-0.39, 0.29) is 12.1 Å². The van der Waals surface area contributed by atoms with Gasteiger partial charge in [0.25, 0.3) is 5.91 Å². The summed E-state index contributed by atoms with van der Waals surface area (Å²) in [7, 11) is -4.04. The molecule has 1 amide bonds. The number of rotatable bonds is 6. The molecule has 0 spiro atoms. The fraction of sp³-hybridized carbons (Fsp3) is 0.316. The van der Waals surface area contributed by atoms with Crippen molar-refractivity contribution < 1.29 is 35.5 Å². The maximum absolute atomic E-state index is 14.2. The third-order valence-corrected chi connectivity index (χ3v) is 6.40. The molecule has 0 saturated carbocycles. The number of hydrogen-bond donors (Lipinski definition) is 1. The van der Waals surface area contributed by atoms with Crippen molar-refractivity contribution >= 4 is 15.9 Å². The number of nitrogens with zero attached hydrogens (tertiary/aromatic N) is 1. The van der Waals surface area contributed by atoms with Gasteiger partial charge in [0, 0.05) is 25.2 Å². The third kappa shape index (κ3) is 5.28. The Labute approximate surface area is 170 Å². The molecule has 162 valence electrons. The number of hydrogen-bond acceptors (Lipinski definition) is 4. The van der Waals surface area contributed by atoms with Gasteiger partial charge in [-0.3, -0.25) is 4.79 Å². The van der Waals surface area contributed by atoms with Crippen molar-refractivity contribution in [2.24, 2.45) is 0 Å². The number of alkyl halides is 3. The van der Waals surface area contributed by atoms with E-state index < -0.39 is 38.8 Å². The van der Waals surface area contributed by atoms with Gasteiger partial charge in [-0.2, -0.15) is 4.31 Å². The highest BCUT2D eigenvalue weighted by atomic mass is 32.2. The van der Waals surface area contributed by atoms with Gasteiger partial charge >= 0.3 is 6.36 Å². The van der Waals surface area contributed by atoms with Crippen molar-refractivity contribution in [1.29, 1.82) is 0 Å². The molecule has 3 rings (SSSR count). The lowest BCUT2D eigenvalue weighted by molar-refractivity contribution is -0.274. The number of nitrogens with one attached hydrogen (secondary N) is 1. The van der Waals surface area contributed by atoms with Crippen LogP contribution in [0.1, 0.15) is 28.8 Å². The Morgan fingerprint density at radius 3 is 2.30 bits per heavy atom. The number of ether oxygens (including phenoxy) is 1. The number of amides is 1. The minimum Gasteiger partial charge on any atom is -0.406 e. The lowest BCUT2D eigenvalue weighted by Crippen LogP contribution is -2.29. The van der Waals surface area contributed by atoms with Crippen LogP contribution in [0, 0.1) is 5.82 Å². The number of benzene rings is 2. The summed E-state index contributed by atoms with van der Waals surface area (Å²) < 4.78 is 80.8. The summed E-state index contributed by atoms with van der Waals surface area (Å²) in [6, 6.07) is 7.96. The van der Waals surface area contributed by atoms with Gasteiger partial charge in [-0.15, -0.1) is 13.2 Å². The van der Waals surface area contributed by atoms with Crippen LogP contribution < -0.4 is 10.1 Å². The van der Waals surface area contributed by atoms with Crippen LogP contribution in [0.4, 0.5) is 17.6 Å². The van der Waals surface area contributed by atoms with Crippen molar-refractivity contribution in [3.8, 4) is 5.75 Å². The molecule has 0 bridgehead atoms. The van der Waals surface area contributed by atoms with Crippen molar-refractivity contribution in [3.63, 3.8) is 0 Å². The molecular weight excluding hydrogens is 428 g/mol. The zero-order chi connectivity index (χ0) is 21.9. The summed E-state index contributed by atoms with van der Waals surface area (Å²) in [5.41, 5.74) is 0.441. The van der Waals surface area contributed by atoms with Crippen LogP contribution >= 0.6 is 0 Å². The summed E-state index contributed by atoms with van der Waals surface area (Å²) >= 11 is 0. The first kappa shape index (κ1) is 22.0. The van der Waals surface area contributed by atoms with Crippen molar-refractivity contribution in [1.82, 2.24) is 9.62 Å². The summed E-state index contributed by atoms with van der Waals surface area (Å²) in [5.74, 6) is -1.99. The molecule has 2 aromatic rings. The van der Waals surface area contributed by atoms with E-state index >= 15 is 0 Å². The maximum atomic E-state index is 14.2. The largest absolute Gasteiger partial charge is 0.573 e. The lowest BCUT2D eigenvalue weighted by atomic mass is 10.2. The summed E-state index contributed by atoms with van der Waals surface area (Å²) in [4.78, 5) is 11.8. The summed E-state index contributed by atoms with van der Waals surface area (Å²) in [6.07, 6.45) is -3.42. The molecule has 1 aliphatic rings. The Balaban J connectivity index is 1.69. The van der Waals surface area contributed by atoms with Crippen LogP contribution in [-0.4, -0.2) is 38.1 Å². The number of halogens is 4. The highest BCUT2D eigenvalue weighted by molar-refractivity contribution is 7.89. The molecule has 1 N–H and O–H groups in total. The van der Waals surface area contributed by atoms with Crippen molar-refractivity contribution in [2.45, 2.75) is 30.6 Å². The molecule has 0 atom stereocenters. The van der Waals surface area contributed by atoms with Crippen molar-refractivity contribution in [3.05, 3.63) is 59.4 Å². The Kier molecular flexibility index (Phi) is 6.32. The average Bonchev–Trinajstić information content (AvgIpc) is 3.22. The SMILES string of the molecule is O=C(NCc1ccc(OC(F)(F)F)cc1)c1ccc(F)c(S(=O)(=O)N2CCCC2)c1. The van der Waals surface area contributed by atoms with Crippen LogP contribution in [0.15, 0.2) is 47.4 Å². The second-order valence-corrected chi connectivity index (χ2v) is 8.54. The normalized spacial score (nSPS) is 15.2. The second-order valence-electron chi connectivity index (χ2n) is 6.63. The zero-order valence-corrected chi connectivity index (χ0v) is 16.4. The standard InChI is InChI=1S/C19H18F4N2O4S/c20-16-8-5-14(11-17(16)30(27,28)25-9-1-2-10-25)18(26)24-12-13-3-6-15(7-4-13)29-19(21,22)23/h3-8,11H,1-2,9-10,12H2,(H,24,26). The van der Waals surface area contributed by atoms with Gasteiger partial charge in [-0.25, -0.2) is 12.8 Å². The fourth-order valence-corrected chi connectivity index (χ4v) is 4.61. The number of sulfonamides is 1. The van der Waals surface area contributed by atoms with Crippen molar-refractivity contribution in [2.75, 3.05) is 13.1 Å². The molecular formula is C19H18F4N2O4S. The molecule has 1 saturated heterocycles. The van der Waals surface area contributed by atoms with E-state index in [4.69, 9.17) is 0 Å². The number of carbonyl (C=O) groups excluding carboxylic acids is 1. The second kappa shape index (κ2) is 8.60. The van der Waals surface area contributed by atoms with Crippen LogP contribution in [0.5, 0.6) is 5.75 Å². The first-order valence-corrected chi connectivity index (χ1v) is 10.4. The molecule has 0 radical (unpaired) electrons. The molecule has 1 heterocycles. The Morgan fingerprint density at radius 2 is 1.70 bits per heavy atom. The smallest absolute Gasteiger partial charge is 0.406 e. The molecule has 1 fully saturated rings. The summed E-state index contributed by atoms with van der Waals surface area (Å²) in [5, 5.41) is 2.52. The van der Waals surface area contributed by atoms with E-state index in [1.54, 1.807) is 0 Å². The highest BCUT2D eigenvalue weighted by Crippen LogP contribution is 2.25. The van der Waals surface area contributed by atoms with Gasteiger partial charge in [0.15, 0.2) is 0 Å². The highest BCUT2D eigenvalue weighted by Gasteiger charge is 2.31. The van der Waals surface area contributed by atoms with E-state index in [9.17, 15) is 30.8 Å². The molecule has 11 heteroatoms. The van der Waals surface area contributed by atoms with E-state index in [2.05, 4.69) is 10.1 Å². The van der Waals surface area contributed by atoms with Gasteiger partial charge in [0.1, 0.15) is 16.5 Å². The van der Waals surface area contributed by atoms with E-state index in [1.807, 2.05) is 0 Å². The van der Waals surface area contributed by atoms with Crippen LogP contribution in [0.2, 0.25) is 0 Å². The predicted octanol–water partition coefficient (Wildman–Crippen LogP) is 3.44. The molecule has 6 nitrogen and oxygen atoms in total. The van der Waals surface area contributed by atoms with Gasteiger partial charge in [-0.1, -0.05) is 12.1 Å². The molecule has 30 heavy (non-hydrogen) atoms. The zero-order valence-electron chi connectivity index (χ0n) is 15.6. The van der Waals surface area contributed by atoms with E-state index in [0.29, 0.717) is 31.5 Å². The molecule has 0 unspecified atom stereocenters. The molecule has 2 aromatic carbocycles. The molecule has 1 aliphatic heterocycles. The fourth-order valence-electron chi connectivity index (χ4n) is 3.00. The predicted molar refractivity (Wildman–Crippen MR) is 98.7 cm³/mol. The first-order valence-electron chi connectivity index (χ1n) is 8.99. The molecule has 0 aliphatic carbocycles. The molecule has 0 aromatic heterocycles. The van der Waals surface area contributed by atoms with Crippen LogP contribution in [0.3, 0.4) is 0 Å². The minimum absolute atomic E-state index is 0.0310. The quantitative estimate of drug-likeness (QED) is 0.690. The van der Waals surface area contributed by atoms with E-state index in [0.717, 1.165) is 30.3 Å². The third-order valence-electron chi connectivity index (χ3n) is 4.49. The topological polar surface area (TPSA) is 75.7 Å². The van der Waals surface area contributed by atoms with Gasteiger partial charge in [0.2, 0.25) is 10.0 Å². The maximum Gasteiger partial charge on any atom is 0.573 e. The van der Waals surface area contributed by atoms with Gasteiger partial charge < -0.3 is 10.1 Å². The first-order chi connectivity index (χ1) is 14.1. The lowest BCUT2D eigenvalue weighted by Gasteiger charge is -2.16. The Morgan fingerprint density at radius 1 is 1.07 bits per heavy atom. The Hall–Kier alpha value is -2.66. The Bertz CT molecular complexity index is 1020.